The van der Waals surface area contributed by atoms with Crippen molar-refractivity contribution in [1.29, 1.82) is 0 Å². The van der Waals surface area contributed by atoms with Gasteiger partial charge in [-0.3, -0.25) is 4.79 Å². The van der Waals surface area contributed by atoms with E-state index < -0.39 is 0 Å². The maximum Gasteiger partial charge on any atom is 0.316 e. The van der Waals surface area contributed by atoms with Crippen molar-refractivity contribution in [2.45, 2.75) is 56.8 Å². The Labute approximate surface area is 195 Å². The molecule has 1 aliphatic carbocycles. The van der Waals surface area contributed by atoms with Crippen molar-refractivity contribution < 1.29 is 18.7 Å². The SMILES string of the molecule is CCOc1ccc(Nc2nc(Cc3nnc(SCC(=O)OC4CCCCC4)o3)cs2)cc1. The molecule has 0 unspecified atom stereocenters. The fourth-order valence-corrected chi connectivity index (χ4v) is 4.71. The third-order valence-electron chi connectivity index (χ3n) is 4.91. The highest BCUT2D eigenvalue weighted by atomic mass is 32.2. The number of hydrogen-bond donors (Lipinski definition) is 1. The molecule has 0 spiro atoms. The molecule has 0 radical (unpaired) electrons. The predicted octanol–water partition coefficient (Wildman–Crippen LogP) is 5.23. The van der Waals surface area contributed by atoms with Crippen LogP contribution in [0.4, 0.5) is 10.8 Å². The summed E-state index contributed by atoms with van der Waals surface area (Å²) >= 11 is 2.71. The number of carbonyl (C=O) groups excluding carboxylic acids is 1. The van der Waals surface area contributed by atoms with Crippen LogP contribution in [0.3, 0.4) is 0 Å². The largest absolute Gasteiger partial charge is 0.494 e. The Hall–Kier alpha value is -2.59. The van der Waals surface area contributed by atoms with E-state index >= 15 is 0 Å². The van der Waals surface area contributed by atoms with Gasteiger partial charge >= 0.3 is 5.97 Å². The van der Waals surface area contributed by atoms with Crippen LogP contribution in [0.5, 0.6) is 5.75 Å². The standard InChI is InChI=1S/C22H26N4O4S2/c1-2-28-17-10-8-15(9-11-17)23-21-24-16(13-31-21)12-19-25-26-22(30-19)32-14-20(27)29-18-6-4-3-5-7-18/h8-11,13,18H,2-7,12,14H2,1H3,(H,23,24). The minimum Gasteiger partial charge on any atom is -0.494 e. The van der Waals surface area contributed by atoms with E-state index in [2.05, 4.69) is 20.5 Å². The number of thioether (sulfide) groups is 1. The molecule has 8 nitrogen and oxygen atoms in total. The maximum atomic E-state index is 12.0. The normalized spacial score (nSPS) is 14.3. The zero-order valence-electron chi connectivity index (χ0n) is 17.9. The molecule has 1 fully saturated rings. The van der Waals surface area contributed by atoms with Gasteiger partial charge in [0.1, 0.15) is 17.6 Å². The van der Waals surface area contributed by atoms with Crippen LogP contribution in [-0.4, -0.2) is 39.6 Å². The first-order valence-electron chi connectivity index (χ1n) is 10.8. The van der Waals surface area contributed by atoms with Gasteiger partial charge in [0.2, 0.25) is 5.89 Å². The van der Waals surface area contributed by atoms with Gasteiger partial charge in [-0.05, 0) is 56.9 Å². The van der Waals surface area contributed by atoms with Crippen molar-refractivity contribution >= 4 is 39.9 Å². The quantitative estimate of drug-likeness (QED) is 0.313. The Kier molecular flexibility index (Phi) is 8.00. The molecule has 1 aliphatic rings. The Morgan fingerprint density at radius 2 is 2.03 bits per heavy atom. The summed E-state index contributed by atoms with van der Waals surface area (Å²) in [6, 6.07) is 7.74. The lowest BCUT2D eigenvalue weighted by atomic mass is 9.98. The summed E-state index contributed by atoms with van der Waals surface area (Å²) in [5.41, 5.74) is 1.77. The highest BCUT2D eigenvalue weighted by Crippen LogP contribution is 2.25. The molecule has 0 saturated heterocycles. The first kappa shape index (κ1) is 22.6. The second-order valence-electron chi connectivity index (χ2n) is 7.40. The van der Waals surface area contributed by atoms with Crippen molar-refractivity contribution in [3.63, 3.8) is 0 Å². The minimum absolute atomic E-state index is 0.0603. The number of carbonyl (C=O) groups is 1. The monoisotopic (exact) mass is 474 g/mol. The van der Waals surface area contributed by atoms with Gasteiger partial charge in [0, 0.05) is 11.1 Å². The number of rotatable bonds is 10. The average molecular weight is 475 g/mol. The summed E-state index contributed by atoms with van der Waals surface area (Å²) in [5.74, 6) is 1.24. The maximum absolute atomic E-state index is 12.0. The van der Waals surface area contributed by atoms with Crippen LogP contribution >= 0.6 is 23.1 Å². The summed E-state index contributed by atoms with van der Waals surface area (Å²) < 4.78 is 16.6. The second-order valence-corrected chi connectivity index (χ2v) is 9.19. The highest BCUT2D eigenvalue weighted by Gasteiger charge is 2.19. The molecule has 3 aromatic rings. The lowest BCUT2D eigenvalue weighted by Gasteiger charge is -2.21. The first-order chi connectivity index (χ1) is 15.7. The number of ether oxygens (including phenoxy) is 2. The van der Waals surface area contributed by atoms with Gasteiger partial charge in [-0.15, -0.1) is 21.5 Å². The average Bonchev–Trinajstić information content (AvgIpc) is 3.44. The zero-order valence-corrected chi connectivity index (χ0v) is 19.5. The lowest BCUT2D eigenvalue weighted by Crippen LogP contribution is -2.21. The van der Waals surface area contributed by atoms with Gasteiger partial charge in [0.15, 0.2) is 5.13 Å². The van der Waals surface area contributed by atoms with E-state index in [1.54, 1.807) is 0 Å². The van der Waals surface area contributed by atoms with Gasteiger partial charge in [-0.1, -0.05) is 18.2 Å². The minimum atomic E-state index is -0.230. The third-order valence-corrected chi connectivity index (χ3v) is 6.51. The topological polar surface area (TPSA) is 99.4 Å². The number of esters is 1. The Morgan fingerprint density at radius 3 is 2.81 bits per heavy atom. The highest BCUT2D eigenvalue weighted by molar-refractivity contribution is 7.99. The van der Waals surface area contributed by atoms with Crippen LogP contribution in [0, 0.1) is 0 Å². The molecule has 4 rings (SSSR count). The van der Waals surface area contributed by atoms with E-state index in [1.165, 1.54) is 29.5 Å². The van der Waals surface area contributed by atoms with Crippen molar-refractivity contribution in [3.05, 3.63) is 41.2 Å². The predicted molar refractivity (Wildman–Crippen MR) is 124 cm³/mol. The van der Waals surface area contributed by atoms with E-state index in [4.69, 9.17) is 13.9 Å². The molecule has 0 amide bonds. The molecule has 1 saturated carbocycles. The van der Waals surface area contributed by atoms with Crippen LogP contribution in [0.2, 0.25) is 0 Å². The summed E-state index contributed by atoms with van der Waals surface area (Å²) in [6.45, 7) is 2.60. The number of aromatic nitrogens is 3. The molecule has 0 atom stereocenters. The van der Waals surface area contributed by atoms with Crippen LogP contribution < -0.4 is 10.1 Å². The Morgan fingerprint density at radius 1 is 1.22 bits per heavy atom. The Balaban J connectivity index is 1.23. The number of nitrogens with one attached hydrogen (secondary N) is 1. The van der Waals surface area contributed by atoms with Gasteiger partial charge in [0.05, 0.1) is 18.7 Å². The summed E-state index contributed by atoms with van der Waals surface area (Å²) in [4.78, 5) is 16.6. The fraction of sp³-hybridized carbons (Fsp3) is 0.455. The Bertz CT molecular complexity index is 1000. The number of anilines is 2. The van der Waals surface area contributed by atoms with E-state index in [0.29, 0.717) is 24.1 Å². The van der Waals surface area contributed by atoms with E-state index in [1.807, 2.05) is 36.6 Å². The van der Waals surface area contributed by atoms with Crippen molar-refractivity contribution in [3.8, 4) is 5.75 Å². The molecule has 0 aliphatic heterocycles. The van der Waals surface area contributed by atoms with Crippen LogP contribution in [0.15, 0.2) is 39.3 Å². The molecular weight excluding hydrogens is 448 g/mol. The van der Waals surface area contributed by atoms with Crippen LogP contribution in [0.1, 0.15) is 50.6 Å². The molecule has 170 valence electrons. The zero-order chi connectivity index (χ0) is 22.2. The van der Waals surface area contributed by atoms with Crippen molar-refractivity contribution in [2.24, 2.45) is 0 Å². The fourth-order valence-electron chi connectivity index (χ4n) is 3.42. The number of hydrogen-bond acceptors (Lipinski definition) is 10. The van der Waals surface area contributed by atoms with E-state index in [-0.39, 0.29) is 17.8 Å². The molecule has 1 N–H and O–H groups in total. The van der Waals surface area contributed by atoms with E-state index in [0.717, 1.165) is 47.9 Å². The van der Waals surface area contributed by atoms with Crippen LogP contribution in [0.25, 0.3) is 0 Å². The van der Waals surface area contributed by atoms with Gasteiger partial charge in [0.25, 0.3) is 5.22 Å². The molecule has 2 heterocycles. The molecule has 10 heteroatoms. The smallest absolute Gasteiger partial charge is 0.316 e. The summed E-state index contributed by atoms with van der Waals surface area (Å²) in [5, 5.41) is 14.5. The molecule has 32 heavy (non-hydrogen) atoms. The molecular formula is C22H26N4O4S2. The lowest BCUT2D eigenvalue weighted by molar-refractivity contribution is -0.147. The third kappa shape index (κ3) is 6.70. The van der Waals surface area contributed by atoms with Gasteiger partial charge in [-0.25, -0.2) is 4.98 Å². The molecule has 2 aromatic heterocycles. The number of benzene rings is 1. The van der Waals surface area contributed by atoms with E-state index in [9.17, 15) is 4.79 Å². The molecule has 1 aromatic carbocycles. The van der Waals surface area contributed by atoms with Crippen molar-refractivity contribution in [2.75, 3.05) is 17.7 Å². The van der Waals surface area contributed by atoms with Gasteiger partial charge < -0.3 is 19.2 Å². The first-order valence-corrected chi connectivity index (χ1v) is 12.6. The molecule has 0 bridgehead atoms. The number of nitrogens with zero attached hydrogens (tertiary/aromatic N) is 3. The summed E-state index contributed by atoms with van der Waals surface area (Å²) in [6.07, 6.45) is 5.91. The number of thiazole rings is 1. The van der Waals surface area contributed by atoms with Crippen LogP contribution in [-0.2, 0) is 16.0 Å². The summed E-state index contributed by atoms with van der Waals surface area (Å²) in [7, 11) is 0. The van der Waals surface area contributed by atoms with Crippen molar-refractivity contribution in [1.82, 2.24) is 15.2 Å². The van der Waals surface area contributed by atoms with Gasteiger partial charge in [-0.2, -0.15) is 0 Å². The second kappa shape index (κ2) is 11.3.